The molecule has 19 nitrogen and oxygen atoms in total. The summed E-state index contributed by atoms with van der Waals surface area (Å²) in [6.45, 7) is 22.7. The highest BCUT2D eigenvalue weighted by atomic mass is 16.6. The molecule has 0 aromatic heterocycles. The van der Waals surface area contributed by atoms with Gasteiger partial charge in [-0.05, 0) is 231 Å². The number of aliphatic carboxylic acids is 1. The van der Waals surface area contributed by atoms with Gasteiger partial charge in [-0.25, -0.2) is 0 Å². The summed E-state index contributed by atoms with van der Waals surface area (Å²) >= 11 is 0. The monoisotopic (exact) mass is 1680 g/mol. The third-order valence-corrected chi connectivity index (χ3v) is 23.9. The van der Waals surface area contributed by atoms with Gasteiger partial charge in [0.05, 0.1) is 80.3 Å². The summed E-state index contributed by atoms with van der Waals surface area (Å²) in [5.74, 6) is -2.35. The molecular formula is C101H168N4O15. The average Bonchev–Trinajstić information content (AvgIpc) is 0.726. The molecule has 3 aromatic carbocycles. The van der Waals surface area contributed by atoms with Crippen molar-refractivity contribution in [3.05, 3.63) is 108 Å². The molecule has 3 aromatic rings. The number of nitrogens with one attached hydrogen (secondary N) is 2. The van der Waals surface area contributed by atoms with Crippen molar-refractivity contribution in [2.75, 3.05) is 72.2 Å². The van der Waals surface area contributed by atoms with Crippen LogP contribution < -0.4 is 10.6 Å². The SMILES string of the molecule is CCCCCCC(C)OC(=O)CCCCCN(CCCCCCNC(=O)C1(COCc2ccccc2)CC(COCc2ccccc2)(C(=O)O)CC(COCc2ccccc2)(C(=O)NCCCCCCN(CCCCCC(=O)OC(C)CCCCCC)CCCCCC(=O)OC(C)CCCCCC)C1)CCCCCC(=O)OC(C)CCCCCC. The Balaban J connectivity index is 1.52. The molecular weight excluding hydrogens is 1510 g/mol. The van der Waals surface area contributed by atoms with Crippen molar-refractivity contribution in [1.29, 1.82) is 0 Å². The van der Waals surface area contributed by atoms with Gasteiger partial charge in [0.25, 0.3) is 0 Å². The van der Waals surface area contributed by atoms with Crippen molar-refractivity contribution < 1.29 is 71.8 Å². The molecule has 6 atom stereocenters. The van der Waals surface area contributed by atoms with E-state index in [0.717, 1.165) is 249 Å². The van der Waals surface area contributed by atoms with Gasteiger partial charge in [-0.15, -0.1) is 0 Å². The Labute approximate surface area is 727 Å². The highest BCUT2D eigenvalue weighted by Gasteiger charge is 2.63. The summed E-state index contributed by atoms with van der Waals surface area (Å²) in [6.07, 6.45) is 40.6. The minimum Gasteiger partial charge on any atom is -0.481 e. The highest BCUT2D eigenvalue weighted by Crippen LogP contribution is 2.56. The zero-order valence-corrected chi connectivity index (χ0v) is 76.7. The maximum absolute atomic E-state index is 15.8. The molecule has 2 amide bonds. The molecule has 0 heterocycles. The molecule has 0 radical (unpaired) electrons. The summed E-state index contributed by atoms with van der Waals surface area (Å²) in [6, 6.07) is 29.0. The highest BCUT2D eigenvalue weighted by molar-refractivity contribution is 5.90. The molecule has 1 fully saturated rings. The number of ether oxygens (including phenoxy) is 7. The van der Waals surface area contributed by atoms with E-state index >= 15 is 9.59 Å². The quantitative estimate of drug-likeness (QED) is 0.0271. The third-order valence-electron chi connectivity index (χ3n) is 23.9. The lowest BCUT2D eigenvalue weighted by molar-refractivity contribution is -0.184. The summed E-state index contributed by atoms with van der Waals surface area (Å²) in [5.41, 5.74) is -2.16. The minimum atomic E-state index is -1.74. The molecule has 6 unspecified atom stereocenters. The zero-order valence-electron chi connectivity index (χ0n) is 76.7. The van der Waals surface area contributed by atoms with Crippen LogP contribution in [0.15, 0.2) is 91.0 Å². The number of amides is 2. The van der Waals surface area contributed by atoms with Crippen molar-refractivity contribution in [2.24, 2.45) is 16.2 Å². The molecule has 4 rings (SSSR count). The lowest BCUT2D eigenvalue weighted by atomic mass is 9.52. The number of carbonyl (C=O) groups excluding carboxylic acids is 6. The molecule has 0 bridgehead atoms. The molecule has 19 heteroatoms. The lowest BCUT2D eigenvalue weighted by Gasteiger charge is -2.52. The van der Waals surface area contributed by atoms with Gasteiger partial charge >= 0.3 is 29.8 Å². The number of hydrogen-bond acceptors (Lipinski definition) is 16. The average molecular weight is 1680 g/mol. The van der Waals surface area contributed by atoms with E-state index in [0.29, 0.717) is 51.6 Å². The second-order valence-electron chi connectivity index (χ2n) is 35.5. The largest absolute Gasteiger partial charge is 0.481 e. The molecule has 0 aliphatic heterocycles. The van der Waals surface area contributed by atoms with Gasteiger partial charge in [0.15, 0.2) is 0 Å². The first-order chi connectivity index (χ1) is 58.3. The van der Waals surface area contributed by atoms with E-state index < -0.39 is 22.2 Å². The Morgan fingerprint density at radius 1 is 0.317 bits per heavy atom. The molecule has 682 valence electrons. The smallest absolute Gasteiger partial charge is 0.312 e. The number of esters is 4. The van der Waals surface area contributed by atoms with E-state index in [2.05, 4.69) is 48.1 Å². The van der Waals surface area contributed by atoms with Crippen LogP contribution in [0.25, 0.3) is 0 Å². The van der Waals surface area contributed by atoms with Crippen molar-refractivity contribution in [2.45, 2.75) is 401 Å². The number of hydrogen-bond donors (Lipinski definition) is 3. The molecule has 1 aliphatic carbocycles. The first-order valence-electron chi connectivity index (χ1n) is 48.2. The van der Waals surface area contributed by atoms with E-state index in [-0.39, 0.29) is 119 Å². The number of carboxylic acid groups (broad SMARTS) is 1. The molecule has 1 saturated carbocycles. The predicted octanol–water partition coefficient (Wildman–Crippen LogP) is 22.7. The first-order valence-corrected chi connectivity index (χ1v) is 48.2. The van der Waals surface area contributed by atoms with Crippen LogP contribution in [0.1, 0.15) is 374 Å². The van der Waals surface area contributed by atoms with Gasteiger partial charge in [0, 0.05) is 38.8 Å². The number of unbranched alkanes of at least 4 members (excludes halogenated alkanes) is 26. The van der Waals surface area contributed by atoms with Crippen LogP contribution in [0, 0.1) is 16.2 Å². The Kier molecular flexibility index (Phi) is 59.4. The van der Waals surface area contributed by atoms with Gasteiger partial charge in [-0.2, -0.15) is 0 Å². The van der Waals surface area contributed by atoms with E-state index in [1.807, 2.05) is 119 Å². The molecule has 1 aliphatic rings. The number of nitrogens with zero attached hydrogens (tertiary/aromatic N) is 2. The van der Waals surface area contributed by atoms with Crippen LogP contribution in [0.5, 0.6) is 0 Å². The topological polar surface area (TPSA) is 235 Å². The van der Waals surface area contributed by atoms with E-state index in [4.69, 9.17) is 33.2 Å². The van der Waals surface area contributed by atoms with Crippen LogP contribution in [0.4, 0.5) is 0 Å². The zero-order chi connectivity index (χ0) is 86.8. The number of carbonyl (C=O) groups is 7. The van der Waals surface area contributed by atoms with Crippen molar-refractivity contribution in [3.8, 4) is 0 Å². The fraction of sp³-hybridized carbons (Fsp3) is 0.752. The fourth-order valence-corrected chi connectivity index (χ4v) is 16.9. The Hall–Kier alpha value is -6.25. The number of carboxylic acids is 1. The predicted molar refractivity (Wildman–Crippen MR) is 484 cm³/mol. The summed E-state index contributed by atoms with van der Waals surface area (Å²) < 4.78 is 42.9. The summed E-state index contributed by atoms with van der Waals surface area (Å²) in [7, 11) is 0. The van der Waals surface area contributed by atoms with Crippen LogP contribution in [0.2, 0.25) is 0 Å². The maximum atomic E-state index is 15.8. The molecule has 0 saturated heterocycles. The Bertz CT molecular complexity index is 2850. The van der Waals surface area contributed by atoms with Gasteiger partial charge < -0.3 is 58.7 Å². The summed E-state index contributed by atoms with van der Waals surface area (Å²) in [4.78, 5) is 102. The maximum Gasteiger partial charge on any atom is 0.312 e. The van der Waals surface area contributed by atoms with E-state index in [1.54, 1.807) is 0 Å². The molecule has 0 spiro atoms. The van der Waals surface area contributed by atoms with Crippen LogP contribution >= 0.6 is 0 Å². The normalized spacial score (nSPS) is 17.0. The Morgan fingerprint density at radius 2 is 0.550 bits per heavy atom. The second-order valence-corrected chi connectivity index (χ2v) is 35.5. The lowest BCUT2D eigenvalue weighted by Crippen LogP contribution is -2.62. The number of rotatable bonds is 77. The van der Waals surface area contributed by atoms with Crippen molar-refractivity contribution in [1.82, 2.24) is 20.4 Å². The fourth-order valence-electron chi connectivity index (χ4n) is 16.9. The summed E-state index contributed by atoms with van der Waals surface area (Å²) in [5, 5.41) is 18.5. The van der Waals surface area contributed by atoms with Crippen LogP contribution in [-0.4, -0.2) is 153 Å². The molecule has 120 heavy (non-hydrogen) atoms. The molecule has 3 N–H and O–H groups in total. The van der Waals surface area contributed by atoms with E-state index in [9.17, 15) is 29.1 Å². The second kappa shape index (κ2) is 67.2. The minimum absolute atomic E-state index is 0.0312. The first kappa shape index (κ1) is 106. The van der Waals surface area contributed by atoms with Crippen LogP contribution in [-0.2, 0) is 86.5 Å². The standard InChI is InChI=1S/C101H168N4O15/c1-9-13-17-32-54-85(5)117-92(106)64-42-28-50-72-104(73-51-29-43-65-93(107)118-86(6)55-33-18-14-10-2)70-48-23-21-46-68-102-96(110)99(82-114-76-89-58-36-25-37-59-89)79-100(83-115-77-90-60-38-26-39-61-90,81-101(80-99,98(112)113)84-116-78-91-62-40-27-41-63-91)97(111)103-69-47-22-24-49-71-105(74-52-30-44-66-94(108)119-87(7)56-34-19-15-11-3)75-53-31-45-67-95(109)120-88(8)57-35-20-16-12-4/h25-27,36-41,58-63,85-88H,9-24,28-35,42-57,64-84H2,1-8H3,(H,102,110)(H,103,111)(H,112,113). The van der Waals surface area contributed by atoms with Gasteiger partial charge in [0.2, 0.25) is 11.8 Å². The van der Waals surface area contributed by atoms with E-state index in [1.165, 1.54) is 51.4 Å². The van der Waals surface area contributed by atoms with Gasteiger partial charge in [0.1, 0.15) is 0 Å². The number of benzene rings is 3. The van der Waals surface area contributed by atoms with Crippen molar-refractivity contribution >= 4 is 41.7 Å². The van der Waals surface area contributed by atoms with Crippen molar-refractivity contribution in [3.63, 3.8) is 0 Å². The third kappa shape index (κ3) is 49.3. The Morgan fingerprint density at radius 3 is 0.808 bits per heavy atom. The van der Waals surface area contributed by atoms with Gasteiger partial charge in [-0.1, -0.05) is 247 Å². The van der Waals surface area contributed by atoms with Crippen LogP contribution in [0.3, 0.4) is 0 Å². The van der Waals surface area contributed by atoms with Gasteiger partial charge in [-0.3, -0.25) is 33.6 Å².